The lowest BCUT2D eigenvalue weighted by molar-refractivity contribution is -0.124. The molecule has 0 bridgehead atoms. The molecule has 288 valence electrons. The molecule has 2 aliphatic heterocycles. The van der Waals surface area contributed by atoms with E-state index in [1.807, 2.05) is 24.8 Å². The lowest BCUT2D eigenvalue weighted by Crippen LogP contribution is -2.52. The van der Waals surface area contributed by atoms with E-state index >= 15 is 0 Å². The fourth-order valence-corrected chi connectivity index (χ4v) is 14.8. The molecule has 0 radical (unpaired) electrons. The predicted molar refractivity (Wildman–Crippen MR) is 211 cm³/mol. The van der Waals surface area contributed by atoms with Crippen molar-refractivity contribution >= 4 is 23.0 Å². The summed E-state index contributed by atoms with van der Waals surface area (Å²) in [5, 5.41) is 6.32. The molecule has 2 amide bonds. The number of nitrogens with one attached hydrogen (secondary N) is 2. The van der Waals surface area contributed by atoms with E-state index in [1.54, 1.807) is 12.4 Å². The molecule has 4 heterocycles. The first kappa shape index (κ1) is 36.2. The van der Waals surface area contributed by atoms with Gasteiger partial charge in [0.05, 0.1) is 23.8 Å². The first-order chi connectivity index (χ1) is 26.0. The summed E-state index contributed by atoms with van der Waals surface area (Å²) in [5.41, 5.74) is 6.12. The molecular weight excluding hydrogens is 669 g/mol. The monoisotopic (exact) mass is 730 g/mol. The lowest BCUT2D eigenvalue weighted by Gasteiger charge is -2.58. The van der Waals surface area contributed by atoms with E-state index < -0.39 is 0 Å². The highest BCUT2D eigenvalue weighted by Crippen LogP contribution is 2.68. The van der Waals surface area contributed by atoms with E-state index in [4.69, 9.17) is 0 Å². The maximum absolute atomic E-state index is 12.1. The van der Waals surface area contributed by atoms with Gasteiger partial charge in [-0.3, -0.25) is 29.5 Å². The summed E-state index contributed by atoms with van der Waals surface area (Å²) in [6, 6.07) is 0. The molecule has 8 nitrogen and oxygen atoms in total. The first-order valence-electron chi connectivity index (χ1n) is 21.5. The Kier molecular flexibility index (Phi) is 9.16. The van der Waals surface area contributed by atoms with Gasteiger partial charge in [-0.15, -0.1) is 0 Å². The molecule has 2 aromatic rings. The van der Waals surface area contributed by atoms with Crippen molar-refractivity contribution in [2.45, 2.75) is 118 Å². The molecule has 0 spiro atoms. The molecule has 54 heavy (non-hydrogen) atoms. The van der Waals surface area contributed by atoms with Gasteiger partial charge in [-0.2, -0.15) is 0 Å². The number of rotatable bonds is 2. The molecule has 2 saturated heterocycles. The topological polar surface area (TPSA) is 110 Å². The third kappa shape index (κ3) is 5.73. The second-order valence-electron chi connectivity index (χ2n) is 19.7. The van der Waals surface area contributed by atoms with Gasteiger partial charge >= 0.3 is 0 Å². The van der Waals surface area contributed by atoms with Crippen LogP contribution in [0.25, 0.3) is 11.1 Å². The molecule has 2 N–H and O–H groups in total. The van der Waals surface area contributed by atoms with Gasteiger partial charge in [-0.05, 0) is 157 Å². The van der Waals surface area contributed by atoms with E-state index in [2.05, 4.69) is 70.4 Å². The van der Waals surface area contributed by atoms with Crippen molar-refractivity contribution < 1.29 is 9.59 Å². The molecular formula is C46H62N6O2. The number of nitrogens with zero attached hydrogens (tertiary/aromatic N) is 4. The highest BCUT2D eigenvalue weighted by Gasteiger charge is 2.60. The summed E-state index contributed by atoms with van der Waals surface area (Å²) in [5.74, 6) is 6.28. The summed E-state index contributed by atoms with van der Waals surface area (Å²) >= 11 is 0. The van der Waals surface area contributed by atoms with Crippen molar-refractivity contribution in [3.63, 3.8) is 0 Å². The SMILES string of the molecule is C[C@]12CCC(=O)NC[C@@H]1CC[C@@H]1[C@@H]2CC[C@]2(C)C(c3cnccn3)=CC[C@@H]12.C[C@]12CCNC(=O)C[C@@H]1CC[C@@H]1[C@@H]2CC[C@]2(C)C(c3cnccn3)=CC[C@@H]12. The van der Waals surface area contributed by atoms with Crippen molar-refractivity contribution in [2.24, 2.45) is 69.0 Å². The Morgan fingerprint density at radius 1 is 0.593 bits per heavy atom. The molecule has 12 atom stereocenters. The van der Waals surface area contributed by atoms with Crippen molar-refractivity contribution in [2.75, 3.05) is 13.1 Å². The molecule has 0 unspecified atom stereocenters. The zero-order chi connectivity index (χ0) is 37.3. The maximum Gasteiger partial charge on any atom is 0.220 e. The lowest BCUT2D eigenvalue weighted by atomic mass is 9.46. The summed E-state index contributed by atoms with van der Waals surface area (Å²) in [6.07, 6.45) is 32.2. The van der Waals surface area contributed by atoms with Crippen LogP contribution in [0.15, 0.2) is 49.3 Å². The van der Waals surface area contributed by atoms with Crippen LogP contribution in [-0.4, -0.2) is 44.8 Å². The Hall–Kier alpha value is -3.42. The van der Waals surface area contributed by atoms with Crippen molar-refractivity contribution in [3.05, 3.63) is 60.7 Å². The van der Waals surface area contributed by atoms with Gasteiger partial charge in [-0.1, -0.05) is 39.8 Å². The standard InChI is InChI=1S/2C23H31N3O/c1-22-10-8-21(27)26-13-15(22)3-4-16-17-5-6-19(20-14-24-11-12-25-20)23(17,2)9-7-18(16)22;1-22-9-10-26-21(27)13-15(22)3-4-16-17-5-6-19(20-14-24-11-12-25-20)23(17,2)8-7-18(16)22/h2*6,11-12,14-18H,3-5,7-10,13H2,1-2H3,(H,26,27)/t2*15-,16-,17-,18-,22-,23-/m00/s1. The number of aromatic nitrogens is 4. The first-order valence-corrected chi connectivity index (χ1v) is 21.5. The van der Waals surface area contributed by atoms with Crippen molar-refractivity contribution in [1.82, 2.24) is 30.6 Å². The Morgan fingerprint density at radius 2 is 1.15 bits per heavy atom. The van der Waals surface area contributed by atoms with Crippen LogP contribution in [-0.2, 0) is 9.59 Å². The Balaban J connectivity index is 0.000000142. The van der Waals surface area contributed by atoms with E-state index in [0.29, 0.717) is 29.1 Å². The van der Waals surface area contributed by atoms with Crippen LogP contribution in [0.5, 0.6) is 0 Å². The van der Waals surface area contributed by atoms with Crippen LogP contribution in [0.3, 0.4) is 0 Å². The van der Waals surface area contributed by atoms with E-state index in [0.717, 1.165) is 79.2 Å². The van der Waals surface area contributed by atoms with Crippen LogP contribution in [0.4, 0.5) is 0 Å². The van der Waals surface area contributed by atoms with Crippen LogP contribution in [0, 0.1) is 69.0 Å². The number of fused-ring (bicyclic) bond motifs is 10. The van der Waals surface area contributed by atoms with Gasteiger partial charge in [-0.25, -0.2) is 0 Å². The van der Waals surface area contributed by atoms with Crippen LogP contribution >= 0.6 is 0 Å². The Morgan fingerprint density at radius 3 is 1.70 bits per heavy atom. The largest absolute Gasteiger partial charge is 0.356 e. The van der Waals surface area contributed by atoms with Gasteiger partial charge in [0.1, 0.15) is 0 Å². The highest BCUT2D eigenvalue weighted by atomic mass is 16.2. The van der Waals surface area contributed by atoms with E-state index in [9.17, 15) is 9.59 Å². The molecule has 8 heteroatoms. The number of hydrogen-bond donors (Lipinski definition) is 2. The highest BCUT2D eigenvalue weighted by molar-refractivity contribution is 5.77. The second-order valence-corrected chi connectivity index (χ2v) is 19.7. The van der Waals surface area contributed by atoms with E-state index in [1.165, 1.54) is 75.4 Å². The number of amides is 2. The normalized spacial score (nSPS) is 43.6. The smallest absolute Gasteiger partial charge is 0.220 e. The Labute approximate surface area is 322 Å². The van der Waals surface area contributed by atoms with Gasteiger partial charge < -0.3 is 10.6 Å². The molecule has 6 fully saturated rings. The fraction of sp³-hybridized carbons (Fsp3) is 0.696. The van der Waals surface area contributed by atoms with Gasteiger partial charge in [0.2, 0.25) is 11.8 Å². The average Bonchev–Trinajstić information content (AvgIpc) is 3.61. The summed E-state index contributed by atoms with van der Waals surface area (Å²) in [4.78, 5) is 42.1. The molecule has 0 aromatic carbocycles. The van der Waals surface area contributed by atoms with E-state index in [-0.39, 0.29) is 22.6 Å². The number of carbonyl (C=O) groups is 2. The average molecular weight is 731 g/mol. The molecule has 8 aliphatic rings. The third-order valence-corrected chi connectivity index (χ3v) is 17.8. The zero-order valence-electron chi connectivity index (χ0n) is 33.2. The van der Waals surface area contributed by atoms with Crippen LogP contribution in [0.2, 0.25) is 0 Å². The van der Waals surface area contributed by atoms with Gasteiger partial charge in [0.25, 0.3) is 0 Å². The third-order valence-electron chi connectivity index (χ3n) is 17.8. The predicted octanol–water partition coefficient (Wildman–Crippen LogP) is 8.48. The minimum atomic E-state index is 0.235. The number of allylic oxidation sites excluding steroid dienone is 4. The second kappa shape index (κ2) is 13.7. The van der Waals surface area contributed by atoms with Crippen molar-refractivity contribution in [1.29, 1.82) is 0 Å². The fourth-order valence-electron chi connectivity index (χ4n) is 14.8. The molecule has 4 saturated carbocycles. The van der Waals surface area contributed by atoms with Gasteiger partial charge in [0.15, 0.2) is 0 Å². The zero-order valence-corrected chi connectivity index (χ0v) is 33.2. The summed E-state index contributed by atoms with van der Waals surface area (Å²) < 4.78 is 0. The minimum absolute atomic E-state index is 0.235. The maximum atomic E-state index is 12.1. The molecule has 2 aromatic heterocycles. The minimum Gasteiger partial charge on any atom is -0.356 e. The number of hydrogen-bond acceptors (Lipinski definition) is 6. The van der Waals surface area contributed by atoms with Gasteiger partial charge in [0, 0.05) is 50.7 Å². The molecule has 6 aliphatic carbocycles. The Bertz CT molecular complexity index is 1730. The summed E-state index contributed by atoms with van der Waals surface area (Å²) in [6.45, 7) is 11.7. The van der Waals surface area contributed by atoms with Crippen LogP contribution < -0.4 is 10.6 Å². The molecule has 10 rings (SSSR count). The summed E-state index contributed by atoms with van der Waals surface area (Å²) in [7, 11) is 0. The van der Waals surface area contributed by atoms with Crippen LogP contribution in [0.1, 0.15) is 129 Å². The van der Waals surface area contributed by atoms with Crippen molar-refractivity contribution in [3.8, 4) is 0 Å². The quantitative estimate of drug-likeness (QED) is 0.321. The number of carbonyl (C=O) groups excluding carboxylic acids is 2.